The fourth-order valence-electron chi connectivity index (χ4n) is 6.77. The Hall–Kier alpha value is -0.232. The van der Waals surface area contributed by atoms with Crippen LogP contribution in [-0.2, 0) is 0 Å². The molecule has 2 aromatic rings. The Balaban J connectivity index is 1.62. The normalized spacial score (nSPS) is 25.0. The maximum Gasteiger partial charge on any atom is 0.146 e. The van der Waals surface area contributed by atoms with E-state index in [1.54, 1.807) is 23.1 Å². The van der Waals surface area contributed by atoms with Crippen molar-refractivity contribution in [2.75, 3.05) is 31.6 Å². The maximum absolute atomic E-state index is 3.03. The van der Waals surface area contributed by atoms with Gasteiger partial charge >= 0.3 is 0 Å². The molecule has 174 valence electrons. The van der Waals surface area contributed by atoms with Gasteiger partial charge in [0, 0.05) is 11.4 Å². The number of hydrogen-bond acceptors (Lipinski definition) is 2. The molecule has 2 aliphatic heterocycles. The van der Waals surface area contributed by atoms with Gasteiger partial charge in [0.25, 0.3) is 0 Å². The lowest BCUT2D eigenvalue weighted by molar-refractivity contribution is 1.31. The van der Waals surface area contributed by atoms with Crippen molar-refractivity contribution in [3.8, 4) is 0 Å². The minimum Gasteiger partial charge on any atom is -0.424 e. The van der Waals surface area contributed by atoms with Gasteiger partial charge in [-0.15, -0.1) is 0 Å². The van der Waals surface area contributed by atoms with Crippen LogP contribution in [0.25, 0.3) is 0 Å². The third-order valence-corrected chi connectivity index (χ3v) is 46.8. The van der Waals surface area contributed by atoms with Crippen LogP contribution in [0.4, 0.5) is 11.4 Å². The highest BCUT2D eigenvalue weighted by Gasteiger charge is 2.54. The van der Waals surface area contributed by atoms with Crippen molar-refractivity contribution in [1.82, 2.24) is 0 Å². The van der Waals surface area contributed by atoms with E-state index in [9.17, 15) is 0 Å². The fraction of sp³-hybridized carbons (Fsp3) is 0.500. The Kier molecular flexibility index (Phi) is 6.82. The molecule has 0 aliphatic carbocycles. The van der Waals surface area contributed by atoms with E-state index in [0.717, 1.165) is 0 Å². The second-order valence-electron chi connectivity index (χ2n) is 12.2. The summed E-state index contributed by atoms with van der Waals surface area (Å²) >= 11 is 0. The number of hydrogen-bond donors (Lipinski definition) is 0. The van der Waals surface area contributed by atoms with Gasteiger partial charge in [0.1, 0.15) is 32.9 Å². The molecule has 8 heteroatoms. The molecule has 0 radical (unpaired) electrons. The molecule has 4 rings (SSSR count). The summed E-state index contributed by atoms with van der Waals surface area (Å²) < 4.78 is 6.05. The summed E-state index contributed by atoms with van der Waals surface area (Å²) in [5.41, 5.74) is 3.04. The molecule has 0 atom stereocenters. The first-order chi connectivity index (χ1) is 14.8. The van der Waals surface area contributed by atoms with Gasteiger partial charge in [-0.1, -0.05) is 104 Å². The molecule has 2 fully saturated rings. The van der Waals surface area contributed by atoms with Crippen molar-refractivity contribution in [3.05, 3.63) is 60.7 Å². The number of rotatable bonds is 3. The highest BCUT2D eigenvalue weighted by molar-refractivity contribution is 8.32. The second kappa shape index (κ2) is 8.77. The van der Waals surface area contributed by atoms with Crippen LogP contribution >= 0.6 is 15.2 Å². The third kappa shape index (κ3) is 4.78. The molecule has 2 aromatic carbocycles. The minimum absolute atomic E-state index is 0.202. The lowest BCUT2D eigenvalue weighted by Gasteiger charge is -2.60. The zero-order chi connectivity index (χ0) is 23.4. The lowest BCUT2D eigenvalue weighted by atomic mass is 10.3. The van der Waals surface area contributed by atoms with E-state index in [0.29, 0.717) is 0 Å². The van der Waals surface area contributed by atoms with Crippen molar-refractivity contribution >= 4 is 59.5 Å². The van der Waals surface area contributed by atoms with Crippen LogP contribution < -0.4 is 8.46 Å². The van der Waals surface area contributed by atoms with Crippen LogP contribution in [0.15, 0.2) is 60.7 Å². The smallest absolute Gasteiger partial charge is 0.146 e. The highest BCUT2D eigenvalue weighted by atomic mass is 32.1. The Morgan fingerprint density at radius 1 is 0.469 bits per heavy atom. The summed E-state index contributed by atoms with van der Waals surface area (Å²) in [5.74, 6) is 6.28. The molecule has 0 amide bonds. The predicted molar refractivity (Wildman–Crippen MR) is 161 cm³/mol. The molecular weight excluding hydrogens is 491 g/mol. The summed E-state index contributed by atoms with van der Waals surface area (Å²) in [6.07, 6.45) is 0. The first kappa shape index (κ1) is 24.9. The third-order valence-electron chi connectivity index (χ3n) is 7.13. The van der Waals surface area contributed by atoms with Crippen molar-refractivity contribution in [2.45, 2.75) is 52.4 Å². The Labute approximate surface area is 203 Å². The standard InChI is InChI=1S/C24H42N2P2Si4/c1-29(2)19-27(20-30(3,4)25(29)23-15-11-9-12-16-23)28-21-31(5,6)26(32(7,8)22-28)24-17-13-10-14-18-24/h9-18H,19-22H2,1-8H3. The molecule has 0 aromatic heterocycles. The summed E-state index contributed by atoms with van der Waals surface area (Å²) in [5, 5.41) is 0. The van der Waals surface area contributed by atoms with E-state index in [2.05, 4.69) is 122 Å². The number of para-hydroxylation sites is 2. The highest BCUT2D eigenvalue weighted by Crippen LogP contribution is 2.74. The summed E-state index contributed by atoms with van der Waals surface area (Å²) in [6.45, 7) is 21.5. The number of nitrogens with zero attached hydrogens (tertiary/aromatic N) is 2. The zero-order valence-electron chi connectivity index (χ0n) is 21.4. The number of anilines is 2. The molecule has 2 heterocycles. The van der Waals surface area contributed by atoms with Gasteiger partial charge in [-0.2, -0.15) is 0 Å². The van der Waals surface area contributed by atoms with Gasteiger partial charge in [-0.3, -0.25) is 0 Å². The van der Waals surface area contributed by atoms with Crippen LogP contribution in [0.2, 0.25) is 52.4 Å². The van der Waals surface area contributed by atoms with E-state index in [1.165, 1.54) is 11.4 Å². The summed E-state index contributed by atoms with van der Waals surface area (Å²) in [4.78, 5) is 0. The second-order valence-corrected chi connectivity index (χ2v) is 39.9. The molecule has 0 unspecified atom stereocenters. The Morgan fingerprint density at radius 2 is 0.719 bits per heavy atom. The van der Waals surface area contributed by atoms with Gasteiger partial charge in [0.05, 0.1) is 0 Å². The van der Waals surface area contributed by atoms with Gasteiger partial charge < -0.3 is 8.46 Å². The molecular formula is C24H42N2P2Si4. The predicted octanol–water partition coefficient (Wildman–Crippen LogP) is 7.88. The fourth-order valence-corrected chi connectivity index (χ4v) is 68.1. The zero-order valence-corrected chi connectivity index (χ0v) is 27.2. The topological polar surface area (TPSA) is 6.48 Å². The van der Waals surface area contributed by atoms with Gasteiger partial charge in [-0.25, -0.2) is 0 Å². The summed E-state index contributed by atoms with van der Waals surface area (Å²) in [7, 11) is -5.43. The average Bonchev–Trinajstić information content (AvgIpc) is 2.66. The average molecular weight is 533 g/mol. The van der Waals surface area contributed by atoms with Crippen LogP contribution in [0.1, 0.15) is 0 Å². The molecule has 0 bridgehead atoms. The van der Waals surface area contributed by atoms with Crippen LogP contribution in [-0.4, -0.2) is 56.1 Å². The van der Waals surface area contributed by atoms with E-state index in [1.807, 2.05) is 0 Å². The Morgan fingerprint density at radius 3 is 0.969 bits per heavy atom. The molecule has 0 N–H and O–H groups in total. The van der Waals surface area contributed by atoms with Gasteiger partial charge in [0.15, 0.2) is 0 Å². The van der Waals surface area contributed by atoms with Gasteiger partial charge in [0.2, 0.25) is 0 Å². The van der Waals surface area contributed by atoms with Crippen molar-refractivity contribution in [1.29, 1.82) is 0 Å². The molecule has 2 saturated heterocycles. The largest absolute Gasteiger partial charge is 0.424 e. The van der Waals surface area contributed by atoms with Crippen LogP contribution in [0, 0.1) is 0 Å². The van der Waals surface area contributed by atoms with Crippen molar-refractivity contribution in [3.63, 3.8) is 0 Å². The first-order valence-corrected chi connectivity index (χ1v) is 28.8. The molecule has 2 aliphatic rings. The van der Waals surface area contributed by atoms with Crippen molar-refractivity contribution in [2.24, 2.45) is 0 Å². The van der Waals surface area contributed by atoms with E-state index in [-0.39, 0.29) is 15.2 Å². The lowest BCUT2D eigenvalue weighted by Crippen LogP contribution is -2.71. The summed E-state index contributed by atoms with van der Waals surface area (Å²) in [6, 6.07) is 22.8. The molecule has 2 nitrogen and oxygen atoms in total. The van der Waals surface area contributed by atoms with Crippen LogP contribution in [0.3, 0.4) is 0 Å². The van der Waals surface area contributed by atoms with E-state index in [4.69, 9.17) is 0 Å². The molecule has 0 saturated carbocycles. The van der Waals surface area contributed by atoms with Gasteiger partial charge in [-0.05, 0) is 47.4 Å². The maximum atomic E-state index is 3.03. The molecule has 32 heavy (non-hydrogen) atoms. The monoisotopic (exact) mass is 532 g/mol. The van der Waals surface area contributed by atoms with E-state index >= 15 is 0 Å². The minimum atomic E-state index is -1.46. The quantitative estimate of drug-likeness (QED) is 0.293. The van der Waals surface area contributed by atoms with Crippen molar-refractivity contribution < 1.29 is 0 Å². The van der Waals surface area contributed by atoms with E-state index < -0.39 is 32.9 Å². The first-order valence-electron chi connectivity index (χ1n) is 12.0. The number of benzene rings is 2. The molecule has 0 spiro atoms. The van der Waals surface area contributed by atoms with Crippen LogP contribution in [0.5, 0.6) is 0 Å². The Bertz CT molecular complexity index is 824. The SMILES string of the molecule is C[Si]1(C)CP(P2C[Si](C)(C)N(c3ccccc3)[Si](C)(C)C2)C[Si](C)(C)N1c1ccccc1.